The normalized spacial score (nSPS) is 21.6. The first-order valence-corrected chi connectivity index (χ1v) is 5.37. The average Bonchev–Trinajstić information content (AvgIpc) is 2.17. The molecule has 1 aliphatic rings. The molecule has 0 radical (unpaired) electrons. The van der Waals surface area contributed by atoms with E-state index in [0.717, 1.165) is 11.8 Å². The quantitative estimate of drug-likeness (QED) is 0.608. The molecule has 0 aromatic heterocycles. The second kappa shape index (κ2) is 3.53. The Balaban J connectivity index is 2.37. The first-order valence-electron chi connectivity index (χ1n) is 5.37. The van der Waals surface area contributed by atoms with Crippen LogP contribution in [0.5, 0.6) is 0 Å². The van der Waals surface area contributed by atoms with Gasteiger partial charge in [-0.3, -0.25) is 0 Å². The van der Waals surface area contributed by atoms with Crippen LogP contribution in [0.15, 0.2) is 24.3 Å². The predicted octanol–water partition coefficient (Wildman–Crippen LogP) is 3.76. The van der Waals surface area contributed by atoms with E-state index in [0.29, 0.717) is 0 Å². The monoisotopic (exact) mass is 174 g/mol. The number of hydrogen-bond donors (Lipinski definition) is 0. The Morgan fingerprint density at radius 3 is 2.77 bits per heavy atom. The number of aryl methyl sites for hydroxylation is 1. The third kappa shape index (κ3) is 1.63. The van der Waals surface area contributed by atoms with Gasteiger partial charge in [-0.2, -0.15) is 0 Å². The molecule has 0 N–H and O–H groups in total. The zero-order chi connectivity index (χ0) is 9.26. The smallest absolute Gasteiger partial charge is 0.0136 e. The fraction of sp³-hybridized carbons (Fsp3) is 0.538. The van der Waals surface area contributed by atoms with Crippen LogP contribution in [0.4, 0.5) is 0 Å². The van der Waals surface area contributed by atoms with Gasteiger partial charge in [-0.25, -0.2) is 0 Å². The third-order valence-corrected chi connectivity index (χ3v) is 3.22. The lowest BCUT2D eigenvalue weighted by atomic mass is 9.77. The Bertz CT molecular complexity index is 286. The summed E-state index contributed by atoms with van der Waals surface area (Å²) in [4.78, 5) is 0. The zero-order valence-electron chi connectivity index (χ0n) is 8.59. The molecule has 2 rings (SSSR count). The van der Waals surface area contributed by atoms with Crippen molar-refractivity contribution in [2.75, 3.05) is 0 Å². The molecular formula is C13H18. The van der Waals surface area contributed by atoms with Gasteiger partial charge in [0.05, 0.1) is 0 Å². The van der Waals surface area contributed by atoms with Gasteiger partial charge in [0.25, 0.3) is 0 Å². The molecule has 0 heteroatoms. The molecule has 1 atom stereocenters. The Labute approximate surface area is 81.0 Å². The summed E-state index contributed by atoms with van der Waals surface area (Å²) in [6.45, 7) is 4.68. The summed E-state index contributed by atoms with van der Waals surface area (Å²) in [5, 5.41) is 0. The van der Waals surface area contributed by atoms with Crippen molar-refractivity contribution in [2.24, 2.45) is 5.92 Å². The van der Waals surface area contributed by atoms with Crippen LogP contribution in [0, 0.1) is 5.92 Å². The van der Waals surface area contributed by atoms with Crippen LogP contribution in [0.1, 0.15) is 43.7 Å². The Morgan fingerprint density at radius 1 is 1.23 bits per heavy atom. The highest BCUT2D eigenvalue weighted by atomic mass is 14.3. The minimum absolute atomic E-state index is 0.793. The van der Waals surface area contributed by atoms with E-state index in [9.17, 15) is 0 Å². The topological polar surface area (TPSA) is 0 Å². The number of rotatable bonds is 1. The molecule has 0 bridgehead atoms. The maximum Gasteiger partial charge on any atom is -0.0136 e. The standard InChI is InChI=1S/C13H18/c1-10(2)12-9-5-7-11-6-3-4-8-13(11)12/h3-4,6,8,10,12H,5,7,9H2,1-2H3/t12-/m1/s1. The van der Waals surface area contributed by atoms with Crippen LogP contribution >= 0.6 is 0 Å². The van der Waals surface area contributed by atoms with Crippen molar-refractivity contribution in [3.8, 4) is 0 Å². The van der Waals surface area contributed by atoms with Gasteiger partial charge >= 0.3 is 0 Å². The molecule has 13 heavy (non-hydrogen) atoms. The lowest BCUT2D eigenvalue weighted by Gasteiger charge is -2.28. The van der Waals surface area contributed by atoms with Gasteiger partial charge in [0, 0.05) is 0 Å². The highest BCUT2D eigenvalue weighted by Crippen LogP contribution is 2.36. The highest BCUT2D eigenvalue weighted by Gasteiger charge is 2.21. The van der Waals surface area contributed by atoms with Gasteiger partial charge in [-0.15, -0.1) is 0 Å². The van der Waals surface area contributed by atoms with E-state index in [1.165, 1.54) is 19.3 Å². The minimum atomic E-state index is 0.793. The summed E-state index contributed by atoms with van der Waals surface area (Å²) in [6.07, 6.45) is 4.05. The van der Waals surface area contributed by atoms with Crippen molar-refractivity contribution in [2.45, 2.75) is 39.0 Å². The molecular weight excluding hydrogens is 156 g/mol. The largest absolute Gasteiger partial charge is 0.0622 e. The molecule has 0 fully saturated rings. The minimum Gasteiger partial charge on any atom is -0.0622 e. The van der Waals surface area contributed by atoms with Gasteiger partial charge in [-0.05, 0) is 42.2 Å². The Kier molecular flexibility index (Phi) is 2.39. The molecule has 0 aliphatic heterocycles. The van der Waals surface area contributed by atoms with E-state index in [4.69, 9.17) is 0 Å². The summed E-state index contributed by atoms with van der Waals surface area (Å²) in [5.74, 6) is 1.60. The van der Waals surface area contributed by atoms with E-state index < -0.39 is 0 Å². The summed E-state index contributed by atoms with van der Waals surface area (Å²) in [7, 11) is 0. The highest BCUT2D eigenvalue weighted by molar-refractivity contribution is 5.32. The molecule has 0 spiro atoms. The van der Waals surface area contributed by atoms with Gasteiger partial charge in [0.2, 0.25) is 0 Å². The molecule has 0 amide bonds. The fourth-order valence-electron chi connectivity index (χ4n) is 2.48. The second-order valence-corrected chi connectivity index (χ2v) is 4.44. The Hall–Kier alpha value is -0.780. The molecule has 0 saturated carbocycles. The van der Waals surface area contributed by atoms with Crippen LogP contribution in [-0.2, 0) is 6.42 Å². The third-order valence-electron chi connectivity index (χ3n) is 3.22. The van der Waals surface area contributed by atoms with E-state index in [2.05, 4.69) is 38.1 Å². The van der Waals surface area contributed by atoms with Crippen molar-refractivity contribution in [1.82, 2.24) is 0 Å². The van der Waals surface area contributed by atoms with Crippen molar-refractivity contribution in [1.29, 1.82) is 0 Å². The van der Waals surface area contributed by atoms with Crippen LogP contribution in [0.25, 0.3) is 0 Å². The number of benzene rings is 1. The maximum absolute atomic E-state index is 2.34. The summed E-state index contributed by atoms with van der Waals surface area (Å²) in [6, 6.07) is 8.96. The van der Waals surface area contributed by atoms with Crippen LogP contribution < -0.4 is 0 Å². The van der Waals surface area contributed by atoms with Crippen LogP contribution in [-0.4, -0.2) is 0 Å². The maximum atomic E-state index is 2.34. The molecule has 70 valence electrons. The molecule has 0 saturated heterocycles. The first kappa shape index (κ1) is 8.80. The first-order chi connectivity index (χ1) is 6.29. The van der Waals surface area contributed by atoms with Crippen LogP contribution in [0.2, 0.25) is 0 Å². The van der Waals surface area contributed by atoms with E-state index in [-0.39, 0.29) is 0 Å². The molecule has 1 aromatic rings. The van der Waals surface area contributed by atoms with Gasteiger partial charge in [-0.1, -0.05) is 38.1 Å². The summed E-state index contributed by atoms with van der Waals surface area (Å²) in [5.41, 5.74) is 3.20. The number of hydrogen-bond acceptors (Lipinski definition) is 0. The molecule has 1 aliphatic carbocycles. The van der Waals surface area contributed by atoms with Crippen molar-refractivity contribution >= 4 is 0 Å². The lowest BCUT2D eigenvalue weighted by Crippen LogP contribution is -2.14. The van der Waals surface area contributed by atoms with Gasteiger partial charge in [0.15, 0.2) is 0 Å². The molecule has 1 aromatic carbocycles. The van der Waals surface area contributed by atoms with Crippen LogP contribution in [0.3, 0.4) is 0 Å². The molecule has 0 heterocycles. The SMILES string of the molecule is CC(C)[C@H]1CCCc2ccccc21. The average molecular weight is 174 g/mol. The summed E-state index contributed by atoms with van der Waals surface area (Å²) >= 11 is 0. The van der Waals surface area contributed by atoms with Crippen molar-refractivity contribution in [3.05, 3.63) is 35.4 Å². The van der Waals surface area contributed by atoms with E-state index in [1.54, 1.807) is 11.1 Å². The fourth-order valence-corrected chi connectivity index (χ4v) is 2.48. The molecule has 0 nitrogen and oxygen atoms in total. The Morgan fingerprint density at radius 2 is 2.00 bits per heavy atom. The zero-order valence-corrected chi connectivity index (χ0v) is 8.59. The van der Waals surface area contributed by atoms with Gasteiger partial charge in [0.1, 0.15) is 0 Å². The van der Waals surface area contributed by atoms with E-state index >= 15 is 0 Å². The predicted molar refractivity (Wildman–Crippen MR) is 57.0 cm³/mol. The van der Waals surface area contributed by atoms with Gasteiger partial charge < -0.3 is 0 Å². The molecule has 0 unspecified atom stereocenters. The van der Waals surface area contributed by atoms with E-state index in [1.807, 2.05) is 0 Å². The lowest BCUT2D eigenvalue weighted by molar-refractivity contribution is 0.433. The summed E-state index contributed by atoms with van der Waals surface area (Å²) < 4.78 is 0. The van der Waals surface area contributed by atoms with Crippen molar-refractivity contribution < 1.29 is 0 Å². The second-order valence-electron chi connectivity index (χ2n) is 4.44. The number of fused-ring (bicyclic) bond motifs is 1. The van der Waals surface area contributed by atoms with Crippen molar-refractivity contribution in [3.63, 3.8) is 0 Å².